The Labute approximate surface area is 152 Å². The first kappa shape index (κ1) is 17.2. The third-order valence-electron chi connectivity index (χ3n) is 3.57. The number of carbonyl (C=O) groups is 2. The molecule has 0 aromatic heterocycles. The summed E-state index contributed by atoms with van der Waals surface area (Å²) in [7, 11) is 0. The van der Waals surface area contributed by atoms with Crippen LogP contribution < -0.4 is 5.43 Å². The number of nitrogens with zero attached hydrogens (tertiary/aromatic N) is 2. The zero-order valence-electron chi connectivity index (χ0n) is 12.7. The molecule has 25 heavy (non-hydrogen) atoms. The number of hydrogen-bond acceptors (Lipinski definition) is 5. The van der Waals surface area contributed by atoms with Gasteiger partial charge in [-0.25, -0.2) is 5.01 Å². The van der Waals surface area contributed by atoms with Crippen molar-refractivity contribution in [3.8, 4) is 0 Å². The molecule has 1 aliphatic heterocycles. The number of hydrogen-bond donors (Lipinski definition) is 1. The summed E-state index contributed by atoms with van der Waals surface area (Å²) < 4.78 is 0. The largest absolute Gasteiger partial charge is 0.274 e. The van der Waals surface area contributed by atoms with E-state index in [0.29, 0.717) is 15.5 Å². The van der Waals surface area contributed by atoms with Crippen molar-refractivity contribution in [3.05, 3.63) is 69.2 Å². The lowest BCUT2D eigenvalue weighted by atomic mass is 10.2. The molecule has 0 saturated carbocycles. The van der Waals surface area contributed by atoms with Crippen molar-refractivity contribution in [1.82, 2.24) is 10.4 Å². The normalized spacial score (nSPS) is 16.8. The van der Waals surface area contributed by atoms with Crippen LogP contribution in [0.15, 0.2) is 53.4 Å². The molecule has 1 unspecified atom stereocenters. The summed E-state index contributed by atoms with van der Waals surface area (Å²) in [5.74, 6) is -0.943. The highest BCUT2D eigenvalue weighted by atomic mass is 35.5. The van der Waals surface area contributed by atoms with E-state index in [-0.39, 0.29) is 12.2 Å². The fourth-order valence-corrected chi connectivity index (χ4v) is 3.63. The van der Waals surface area contributed by atoms with Crippen LogP contribution in [0, 0.1) is 10.1 Å². The molecule has 2 aromatic rings. The number of nitro groups is 1. The minimum Gasteiger partial charge on any atom is -0.271 e. The van der Waals surface area contributed by atoms with Crippen molar-refractivity contribution in [1.29, 1.82) is 0 Å². The zero-order chi connectivity index (χ0) is 18.0. The number of nitrogens with one attached hydrogen (secondary N) is 1. The first-order valence-corrected chi connectivity index (χ1v) is 8.48. The molecule has 2 aromatic carbocycles. The number of amides is 2. The van der Waals surface area contributed by atoms with Gasteiger partial charge in [0.15, 0.2) is 5.25 Å². The Hall–Kier alpha value is -2.58. The smallest absolute Gasteiger partial charge is 0.271 e. The number of rotatable bonds is 5. The Bertz CT molecular complexity index is 861. The molecular weight excluding hydrogens is 366 g/mol. The summed E-state index contributed by atoms with van der Waals surface area (Å²) in [6.07, 6.45) is 0. The molecule has 0 radical (unpaired) electrons. The quantitative estimate of drug-likeness (QED) is 0.491. The number of thioether (sulfide) groups is 1. The molecule has 128 valence electrons. The van der Waals surface area contributed by atoms with Crippen LogP contribution in [0.1, 0.15) is 5.56 Å². The van der Waals surface area contributed by atoms with Gasteiger partial charge < -0.3 is 0 Å². The molecule has 1 N–H and O–H groups in total. The van der Waals surface area contributed by atoms with Crippen molar-refractivity contribution in [2.45, 2.75) is 16.7 Å². The van der Waals surface area contributed by atoms with E-state index in [9.17, 15) is 19.7 Å². The number of nitro benzene ring substituents is 1. The van der Waals surface area contributed by atoms with Gasteiger partial charge in [-0.3, -0.25) is 25.1 Å². The van der Waals surface area contributed by atoms with Crippen molar-refractivity contribution < 1.29 is 14.5 Å². The number of benzene rings is 2. The molecule has 9 heteroatoms. The molecule has 1 heterocycles. The van der Waals surface area contributed by atoms with E-state index in [1.165, 1.54) is 6.07 Å². The first-order valence-electron chi connectivity index (χ1n) is 7.22. The second kappa shape index (κ2) is 7.12. The highest BCUT2D eigenvalue weighted by Gasteiger charge is 2.40. The summed E-state index contributed by atoms with van der Waals surface area (Å²) in [4.78, 5) is 35.9. The van der Waals surface area contributed by atoms with Crippen LogP contribution in [-0.2, 0) is 16.1 Å². The minimum absolute atomic E-state index is 0.0820. The lowest BCUT2D eigenvalue weighted by molar-refractivity contribution is -0.385. The van der Waals surface area contributed by atoms with E-state index in [1.807, 2.05) is 0 Å². The molecule has 1 atom stereocenters. The van der Waals surface area contributed by atoms with Gasteiger partial charge in [0.05, 0.1) is 22.1 Å². The van der Waals surface area contributed by atoms with Crippen molar-refractivity contribution in [2.75, 3.05) is 0 Å². The fraction of sp³-hybridized carbons (Fsp3) is 0.125. The predicted molar refractivity (Wildman–Crippen MR) is 92.9 cm³/mol. The maximum Gasteiger partial charge on any atom is 0.274 e. The summed E-state index contributed by atoms with van der Waals surface area (Å²) in [6.45, 7) is -0.0820. The first-order chi connectivity index (χ1) is 12.0. The average Bonchev–Trinajstić information content (AvgIpc) is 2.84. The molecule has 1 fully saturated rings. The highest BCUT2D eigenvalue weighted by Crippen LogP contribution is 2.33. The van der Waals surface area contributed by atoms with E-state index in [2.05, 4.69) is 5.43 Å². The molecular formula is C16H12ClN3O4S. The van der Waals surface area contributed by atoms with Gasteiger partial charge in [0.2, 0.25) is 0 Å². The second-order valence-electron chi connectivity index (χ2n) is 5.21. The lowest BCUT2D eigenvalue weighted by Crippen LogP contribution is -2.35. The third kappa shape index (κ3) is 3.59. The third-order valence-corrected chi connectivity index (χ3v) is 5.27. The van der Waals surface area contributed by atoms with Crippen molar-refractivity contribution in [3.63, 3.8) is 0 Å². The Morgan fingerprint density at radius 3 is 2.56 bits per heavy atom. The molecule has 1 saturated heterocycles. The maximum atomic E-state index is 12.5. The van der Waals surface area contributed by atoms with E-state index in [1.54, 1.807) is 42.5 Å². The van der Waals surface area contributed by atoms with Crippen LogP contribution in [-0.4, -0.2) is 27.0 Å². The molecule has 0 aliphatic carbocycles. The van der Waals surface area contributed by atoms with Gasteiger partial charge in [-0.1, -0.05) is 41.9 Å². The SMILES string of the molecule is O=C1NN(Cc2ccccc2[N+](=O)[O-])C(=O)C1Sc1ccccc1Cl. The van der Waals surface area contributed by atoms with Gasteiger partial charge in [0.25, 0.3) is 17.5 Å². The Morgan fingerprint density at radius 2 is 1.84 bits per heavy atom. The molecule has 2 amide bonds. The van der Waals surface area contributed by atoms with Crippen LogP contribution in [0.4, 0.5) is 5.69 Å². The van der Waals surface area contributed by atoms with Crippen molar-refractivity contribution in [2.24, 2.45) is 0 Å². The second-order valence-corrected chi connectivity index (χ2v) is 6.77. The van der Waals surface area contributed by atoms with Gasteiger partial charge in [0.1, 0.15) is 0 Å². The van der Waals surface area contributed by atoms with Crippen LogP contribution in [0.3, 0.4) is 0 Å². The maximum absolute atomic E-state index is 12.5. The highest BCUT2D eigenvalue weighted by molar-refractivity contribution is 8.01. The van der Waals surface area contributed by atoms with Crippen LogP contribution in [0.5, 0.6) is 0 Å². The van der Waals surface area contributed by atoms with Crippen LogP contribution >= 0.6 is 23.4 Å². The van der Waals surface area contributed by atoms with Gasteiger partial charge in [-0.05, 0) is 12.1 Å². The van der Waals surface area contributed by atoms with E-state index in [4.69, 9.17) is 11.6 Å². The Morgan fingerprint density at radius 1 is 1.16 bits per heavy atom. The van der Waals surface area contributed by atoms with Gasteiger partial charge >= 0.3 is 0 Å². The Kier molecular flexibility index (Phi) is 4.91. The minimum atomic E-state index is -0.984. The molecule has 0 spiro atoms. The molecule has 0 bridgehead atoms. The standard InChI is InChI=1S/C16H12ClN3O4S/c17-11-6-2-4-8-13(11)25-14-15(21)18-19(16(14)22)9-10-5-1-3-7-12(10)20(23)24/h1-8,14H,9H2,(H,18,21). The Balaban J connectivity index is 1.78. The number of carbonyl (C=O) groups excluding carboxylic acids is 2. The number of hydrazine groups is 1. The topological polar surface area (TPSA) is 92.6 Å². The van der Waals surface area contributed by atoms with Crippen molar-refractivity contribution >= 4 is 40.9 Å². The number of halogens is 1. The predicted octanol–water partition coefficient (Wildman–Crippen LogP) is 2.78. The summed E-state index contributed by atoms with van der Waals surface area (Å²) in [5.41, 5.74) is 2.70. The molecule has 3 rings (SSSR count). The van der Waals surface area contributed by atoms with Crippen LogP contribution in [0.25, 0.3) is 0 Å². The summed E-state index contributed by atoms with van der Waals surface area (Å²) >= 11 is 7.12. The van der Waals surface area contributed by atoms with E-state index in [0.717, 1.165) is 16.8 Å². The average molecular weight is 378 g/mol. The van der Waals surface area contributed by atoms with E-state index >= 15 is 0 Å². The number of para-hydroxylation sites is 1. The van der Waals surface area contributed by atoms with Crippen LogP contribution in [0.2, 0.25) is 5.02 Å². The van der Waals surface area contributed by atoms with E-state index < -0.39 is 22.0 Å². The fourth-order valence-electron chi connectivity index (χ4n) is 2.38. The summed E-state index contributed by atoms with van der Waals surface area (Å²) in [6, 6.07) is 13.0. The summed E-state index contributed by atoms with van der Waals surface area (Å²) in [5, 5.41) is 11.6. The zero-order valence-corrected chi connectivity index (χ0v) is 14.3. The molecule has 1 aliphatic rings. The van der Waals surface area contributed by atoms with Gasteiger partial charge in [0, 0.05) is 11.0 Å². The monoisotopic (exact) mass is 377 g/mol. The lowest BCUT2D eigenvalue weighted by Gasteiger charge is -2.15. The van der Waals surface area contributed by atoms with Gasteiger partial charge in [-0.2, -0.15) is 0 Å². The molecule has 7 nitrogen and oxygen atoms in total. The van der Waals surface area contributed by atoms with Gasteiger partial charge in [-0.15, -0.1) is 11.8 Å².